The van der Waals surface area contributed by atoms with Gasteiger partial charge in [0.15, 0.2) is 5.41 Å². The van der Waals surface area contributed by atoms with E-state index in [-0.39, 0.29) is 18.9 Å². The van der Waals surface area contributed by atoms with Gasteiger partial charge in [-0.3, -0.25) is 0 Å². The number of rotatable bonds is 6. The predicted molar refractivity (Wildman–Crippen MR) is 69.0 cm³/mol. The van der Waals surface area contributed by atoms with E-state index in [1.54, 1.807) is 0 Å². The highest BCUT2D eigenvalue weighted by Crippen LogP contribution is 2.54. The lowest BCUT2D eigenvalue weighted by Crippen LogP contribution is -2.57. The third kappa shape index (κ3) is 4.39. The molecule has 0 radical (unpaired) electrons. The van der Waals surface area contributed by atoms with E-state index >= 15 is 0 Å². The number of halogens is 6. The lowest BCUT2D eigenvalue weighted by Gasteiger charge is -2.40. The molecule has 0 aliphatic carbocycles. The van der Waals surface area contributed by atoms with Gasteiger partial charge in [0.25, 0.3) is 0 Å². The van der Waals surface area contributed by atoms with Crippen molar-refractivity contribution in [2.24, 2.45) is 11.3 Å². The van der Waals surface area contributed by atoms with Crippen LogP contribution in [0.5, 0.6) is 0 Å². The topological polar surface area (TPSA) is 26.3 Å². The van der Waals surface area contributed by atoms with E-state index < -0.39 is 42.2 Å². The molecule has 0 fully saturated rings. The molecule has 0 saturated heterocycles. The fraction of sp³-hybridized carbons (Fsp3) is 0.786. The maximum Gasteiger partial charge on any atom is 0.406 e. The van der Waals surface area contributed by atoms with Crippen LogP contribution in [0.3, 0.4) is 0 Å². The first-order valence-corrected chi connectivity index (χ1v) is 6.70. The highest BCUT2D eigenvalue weighted by molar-refractivity contribution is 5.87. The van der Waals surface area contributed by atoms with Crippen LogP contribution in [0.25, 0.3) is 0 Å². The number of hydrogen-bond donors (Lipinski definition) is 0. The van der Waals surface area contributed by atoms with E-state index in [0.29, 0.717) is 0 Å². The molecule has 2 nitrogen and oxygen atoms in total. The summed E-state index contributed by atoms with van der Waals surface area (Å²) in [6.07, 6.45) is -14.1. The molecule has 0 spiro atoms. The number of alkyl halides is 6. The molecule has 0 amide bonds. The predicted octanol–water partition coefficient (Wildman–Crippen LogP) is 5.04. The molecule has 0 aromatic heterocycles. The van der Waals surface area contributed by atoms with Gasteiger partial charge < -0.3 is 4.74 Å². The molecule has 130 valence electrons. The van der Waals surface area contributed by atoms with Crippen molar-refractivity contribution in [3.05, 3.63) is 12.2 Å². The van der Waals surface area contributed by atoms with E-state index in [9.17, 15) is 31.1 Å². The molecule has 8 heteroatoms. The molecule has 22 heavy (non-hydrogen) atoms. The van der Waals surface area contributed by atoms with Crippen molar-refractivity contribution < 1.29 is 35.9 Å². The highest BCUT2D eigenvalue weighted by atomic mass is 19.4. The van der Waals surface area contributed by atoms with Gasteiger partial charge in [-0.2, -0.15) is 26.3 Å². The van der Waals surface area contributed by atoms with Gasteiger partial charge in [0, 0.05) is 5.57 Å². The average molecular weight is 334 g/mol. The maximum absolute atomic E-state index is 13.1. The Hall–Kier alpha value is -1.21. The molecule has 0 aliphatic heterocycles. The molecular weight excluding hydrogens is 314 g/mol. The number of hydrogen-bond acceptors (Lipinski definition) is 2. The van der Waals surface area contributed by atoms with Crippen LogP contribution >= 0.6 is 0 Å². The standard InChI is InChI=1S/C14H20F6O2/c1-6-9(4)11(21)22-10(7-8(2)3)12(5,13(15,16)17)14(18,19)20/h8,10H,4,6-7H2,1-3,5H3. The molecule has 0 aromatic rings. The van der Waals surface area contributed by atoms with Crippen LogP contribution in [0.1, 0.15) is 40.5 Å². The van der Waals surface area contributed by atoms with Crippen LogP contribution in [0, 0.1) is 11.3 Å². The molecule has 1 unspecified atom stereocenters. The van der Waals surface area contributed by atoms with Crippen molar-refractivity contribution in [1.29, 1.82) is 0 Å². The van der Waals surface area contributed by atoms with Gasteiger partial charge in [0.1, 0.15) is 6.10 Å². The van der Waals surface area contributed by atoms with E-state index in [2.05, 4.69) is 11.3 Å². The summed E-state index contributed by atoms with van der Waals surface area (Å²) < 4.78 is 83.2. The summed E-state index contributed by atoms with van der Waals surface area (Å²) in [5, 5.41) is 0. The Bertz CT molecular complexity index is 395. The zero-order valence-corrected chi connectivity index (χ0v) is 12.9. The van der Waals surface area contributed by atoms with Gasteiger partial charge in [-0.15, -0.1) is 0 Å². The van der Waals surface area contributed by atoms with E-state index in [0.717, 1.165) is 0 Å². The van der Waals surface area contributed by atoms with Crippen LogP contribution < -0.4 is 0 Å². The van der Waals surface area contributed by atoms with Crippen molar-refractivity contribution in [1.82, 2.24) is 0 Å². The first kappa shape index (κ1) is 20.8. The molecule has 1 atom stereocenters. The number of carbonyl (C=O) groups excluding carboxylic acids is 1. The molecule has 0 saturated carbocycles. The largest absolute Gasteiger partial charge is 0.458 e. The normalized spacial score (nSPS) is 14.9. The summed E-state index contributed by atoms with van der Waals surface area (Å²) in [7, 11) is 0. The first-order chi connectivity index (χ1) is 9.68. The molecule has 0 rings (SSSR count). The summed E-state index contributed by atoms with van der Waals surface area (Å²) in [5.41, 5.74) is -4.33. The van der Waals surface area contributed by atoms with Crippen LogP contribution in [0.2, 0.25) is 0 Å². The van der Waals surface area contributed by atoms with Gasteiger partial charge in [-0.25, -0.2) is 4.79 Å². The average Bonchev–Trinajstić information content (AvgIpc) is 2.32. The van der Waals surface area contributed by atoms with Gasteiger partial charge in [-0.1, -0.05) is 27.4 Å². The summed E-state index contributed by atoms with van der Waals surface area (Å²) in [4.78, 5) is 11.6. The van der Waals surface area contributed by atoms with Gasteiger partial charge >= 0.3 is 18.3 Å². The van der Waals surface area contributed by atoms with Gasteiger partial charge in [0.2, 0.25) is 0 Å². The van der Waals surface area contributed by atoms with E-state index in [1.165, 1.54) is 20.8 Å². The second-order valence-electron chi connectivity index (χ2n) is 5.68. The smallest absolute Gasteiger partial charge is 0.406 e. The minimum absolute atomic E-state index is 0.0159. The molecule has 0 bridgehead atoms. The Morgan fingerprint density at radius 1 is 1.09 bits per heavy atom. The number of esters is 1. The van der Waals surface area contributed by atoms with Crippen LogP contribution in [0.4, 0.5) is 26.3 Å². The van der Waals surface area contributed by atoms with Crippen molar-refractivity contribution in [3.63, 3.8) is 0 Å². The van der Waals surface area contributed by atoms with Gasteiger partial charge in [-0.05, 0) is 25.7 Å². The third-order valence-corrected chi connectivity index (χ3v) is 3.47. The Kier molecular flexibility index (Phi) is 6.53. The fourth-order valence-electron chi connectivity index (χ4n) is 1.71. The first-order valence-electron chi connectivity index (χ1n) is 6.70. The van der Waals surface area contributed by atoms with Crippen LogP contribution in [-0.2, 0) is 9.53 Å². The van der Waals surface area contributed by atoms with Crippen molar-refractivity contribution in [2.45, 2.75) is 59.0 Å². The van der Waals surface area contributed by atoms with E-state index in [1.807, 2.05) is 0 Å². The molecule has 0 aliphatic rings. The molecule has 0 aromatic carbocycles. The lowest BCUT2D eigenvalue weighted by atomic mass is 9.78. The summed E-state index contributed by atoms with van der Waals surface area (Å²) in [5.74, 6) is -1.77. The second kappa shape index (κ2) is 6.91. The molecule has 0 N–H and O–H groups in total. The lowest BCUT2D eigenvalue weighted by molar-refractivity contribution is -0.360. The summed E-state index contributed by atoms with van der Waals surface area (Å²) in [6.45, 7) is 7.68. The summed E-state index contributed by atoms with van der Waals surface area (Å²) >= 11 is 0. The van der Waals surface area contributed by atoms with Crippen molar-refractivity contribution in [3.8, 4) is 0 Å². The van der Waals surface area contributed by atoms with Crippen LogP contribution in [0.15, 0.2) is 12.2 Å². The zero-order chi connectivity index (χ0) is 17.9. The Morgan fingerprint density at radius 3 is 1.77 bits per heavy atom. The Morgan fingerprint density at radius 2 is 1.50 bits per heavy atom. The quantitative estimate of drug-likeness (QED) is 0.386. The van der Waals surface area contributed by atoms with E-state index in [4.69, 9.17) is 0 Å². The minimum atomic E-state index is -5.61. The minimum Gasteiger partial charge on any atom is -0.458 e. The molecule has 0 heterocycles. The SMILES string of the molecule is C=C(CC)C(=O)OC(CC(C)C)C(C)(C(F)(F)F)C(F)(F)F. The number of carbonyl (C=O) groups is 1. The zero-order valence-electron chi connectivity index (χ0n) is 12.9. The summed E-state index contributed by atoms with van der Waals surface area (Å²) in [6, 6.07) is 0. The van der Waals surface area contributed by atoms with Gasteiger partial charge in [0.05, 0.1) is 0 Å². The monoisotopic (exact) mass is 334 g/mol. The van der Waals surface area contributed by atoms with Crippen molar-refractivity contribution in [2.75, 3.05) is 0 Å². The van der Waals surface area contributed by atoms with Crippen molar-refractivity contribution >= 4 is 5.97 Å². The Balaban J connectivity index is 5.81. The molecular formula is C14H20F6O2. The number of ether oxygens (including phenoxy) is 1. The van der Waals surface area contributed by atoms with Crippen LogP contribution in [-0.4, -0.2) is 24.4 Å². The second-order valence-corrected chi connectivity index (χ2v) is 5.68. The maximum atomic E-state index is 13.1. The fourth-order valence-corrected chi connectivity index (χ4v) is 1.71. The highest BCUT2D eigenvalue weighted by Gasteiger charge is 2.72. The third-order valence-electron chi connectivity index (χ3n) is 3.47. The Labute approximate surface area is 125 Å².